The number of nitrogens with one attached hydrogen (secondary N) is 1. The van der Waals surface area contributed by atoms with E-state index >= 15 is 0 Å². The van der Waals surface area contributed by atoms with Crippen molar-refractivity contribution in [1.82, 2.24) is 10.2 Å². The van der Waals surface area contributed by atoms with Gasteiger partial charge in [-0.05, 0) is 63.8 Å². The normalized spacial score (nSPS) is 30.3. The summed E-state index contributed by atoms with van der Waals surface area (Å²) in [5, 5.41) is 3.29. The van der Waals surface area contributed by atoms with Crippen LogP contribution in [0.4, 0.5) is 0 Å². The van der Waals surface area contributed by atoms with Crippen molar-refractivity contribution in [1.29, 1.82) is 0 Å². The first kappa shape index (κ1) is 16.6. The molecule has 3 saturated heterocycles. The first-order valence-electron chi connectivity index (χ1n) is 8.94. The van der Waals surface area contributed by atoms with E-state index in [-0.39, 0.29) is 5.92 Å². The molecule has 0 radical (unpaired) electrons. The number of piperidine rings is 1. The zero-order chi connectivity index (χ0) is 15.4. The highest BCUT2D eigenvalue weighted by molar-refractivity contribution is 7.99. The Kier molecular flexibility index (Phi) is 6.05. The summed E-state index contributed by atoms with van der Waals surface area (Å²) in [5.41, 5.74) is 0. The van der Waals surface area contributed by atoms with Gasteiger partial charge >= 0.3 is 0 Å². The summed E-state index contributed by atoms with van der Waals surface area (Å²) in [6.07, 6.45) is 5.57. The molecule has 22 heavy (non-hydrogen) atoms. The summed E-state index contributed by atoms with van der Waals surface area (Å²) in [4.78, 5) is 15.1. The molecule has 0 aromatic heterocycles. The lowest BCUT2D eigenvalue weighted by atomic mass is 9.90. The molecule has 0 aromatic rings. The zero-order valence-electron chi connectivity index (χ0n) is 13.8. The number of carbonyl (C=O) groups is 1. The van der Waals surface area contributed by atoms with Gasteiger partial charge in [0.25, 0.3) is 0 Å². The van der Waals surface area contributed by atoms with E-state index in [9.17, 15) is 4.79 Å². The molecule has 5 heteroatoms. The highest BCUT2D eigenvalue weighted by atomic mass is 32.2. The molecule has 0 bridgehead atoms. The van der Waals surface area contributed by atoms with E-state index < -0.39 is 0 Å². The lowest BCUT2D eigenvalue weighted by Crippen LogP contribution is -2.47. The Morgan fingerprint density at radius 2 is 1.91 bits per heavy atom. The van der Waals surface area contributed by atoms with E-state index in [0.29, 0.717) is 17.9 Å². The minimum Gasteiger partial charge on any atom is -0.381 e. The first-order valence-corrected chi connectivity index (χ1v) is 10.1. The van der Waals surface area contributed by atoms with Crippen LogP contribution in [-0.2, 0) is 9.53 Å². The van der Waals surface area contributed by atoms with Crippen LogP contribution in [0.2, 0.25) is 0 Å². The van der Waals surface area contributed by atoms with Crippen molar-refractivity contribution >= 4 is 17.7 Å². The van der Waals surface area contributed by atoms with Gasteiger partial charge in [-0.1, -0.05) is 0 Å². The Balaban J connectivity index is 1.41. The monoisotopic (exact) mass is 326 g/mol. The molecule has 3 rings (SSSR count). The van der Waals surface area contributed by atoms with Crippen molar-refractivity contribution in [3.05, 3.63) is 0 Å². The van der Waals surface area contributed by atoms with E-state index in [1.807, 2.05) is 0 Å². The molecule has 3 heterocycles. The average Bonchev–Trinajstić information content (AvgIpc) is 3.10. The predicted molar refractivity (Wildman–Crippen MR) is 91.2 cm³/mol. The maximum Gasteiger partial charge on any atom is 0.223 e. The van der Waals surface area contributed by atoms with Crippen LogP contribution in [0.15, 0.2) is 0 Å². The van der Waals surface area contributed by atoms with Gasteiger partial charge < -0.3 is 10.1 Å². The maximum absolute atomic E-state index is 12.5. The van der Waals surface area contributed by atoms with Gasteiger partial charge in [0, 0.05) is 37.0 Å². The zero-order valence-corrected chi connectivity index (χ0v) is 14.6. The van der Waals surface area contributed by atoms with Crippen LogP contribution >= 0.6 is 11.8 Å². The molecule has 0 saturated carbocycles. The number of nitrogens with zero attached hydrogens (tertiary/aromatic N) is 1. The Hall–Kier alpha value is -0.260. The van der Waals surface area contributed by atoms with E-state index in [4.69, 9.17) is 4.74 Å². The molecule has 0 unspecified atom stereocenters. The molecule has 1 N–H and O–H groups in total. The van der Waals surface area contributed by atoms with Crippen molar-refractivity contribution in [2.75, 3.05) is 37.8 Å². The lowest BCUT2D eigenvalue weighted by Gasteiger charge is -2.36. The van der Waals surface area contributed by atoms with E-state index in [1.165, 1.54) is 17.9 Å². The summed E-state index contributed by atoms with van der Waals surface area (Å²) in [5.74, 6) is 3.71. The van der Waals surface area contributed by atoms with Gasteiger partial charge in [-0.2, -0.15) is 11.8 Å². The quantitative estimate of drug-likeness (QED) is 0.859. The maximum atomic E-state index is 12.5. The van der Waals surface area contributed by atoms with Crippen molar-refractivity contribution in [2.24, 2.45) is 11.8 Å². The van der Waals surface area contributed by atoms with Gasteiger partial charge in [0.2, 0.25) is 5.91 Å². The number of hydrogen-bond acceptors (Lipinski definition) is 4. The fourth-order valence-corrected chi connectivity index (χ4v) is 5.27. The molecule has 3 aliphatic heterocycles. The molecule has 126 valence electrons. The van der Waals surface area contributed by atoms with E-state index in [1.54, 1.807) is 0 Å². The molecule has 0 aliphatic carbocycles. The Labute approximate surface area is 138 Å². The molecule has 4 nitrogen and oxygen atoms in total. The third kappa shape index (κ3) is 4.18. The number of rotatable bonds is 4. The van der Waals surface area contributed by atoms with Gasteiger partial charge in [0.15, 0.2) is 0 Å². The number of likely N-dealkylation sites (tertiary alicyclic amines) is 1. The van der Waals surface area contributed by atoms with Crippen LogP contribution < -0.4 is 5.32 Å². The molecule has 0 aromatic carbocycles. The molecule has 3 aliphatic rings. The summed E-state index contributed by atoms with van der Waals surface area (Å²) in [6, 6.07) is 1.07. The lowest BCUT2D eigenvalue weighted by molar-refractivity contribution is -0.127. The SMILES string of the molecule is C[C@@H](NC(=O)C1CCN([C@@H]2CCSC2)CC1)C1CCOCC1. The highest BCUT2D eigenvalue weighted by Crippen LogP contribution is 2.27. The fourth-order valence-electron chi connectivity index (χ4n) is 4.01. The molecule has 3 fully saturated rings. The van der Waals surface area contributed by atoms with E-state index in [0.717, 1.165) is 58.0 Å². The highest BCUT2D eigenvalue weighted by Gasteiger charge is 2.31. The van der Waals surface area contributed by atoms with Crippen LogP contribution in [0.3, 0.4) is 0 Å². The van der Waals surface area contributed by atoms with Gasteiger partial charge in [0.1, 0.15) is 0 Å². The summed E-state index contributed by atoms with van der Waals surface area (Å²) in [7, 11) is 0. The number of ether oxygens (including phenoxy) is 1. The third-order valence-electron chi connectivity index (χ3n) is 5.67. The minimum atomic E-state index is 0.229. The molecular weight excluding hydrogens is 296 g/mol. The van der Waals surface area contributed by atoms with Crippen molar-refractivity contribution in [3.63, 3.8) is 0 Å². The largest absolute Gasteiger partial charge is 0.381 e. The Bertz CT molecular complexity index is 360. The Morgan fingerprint density at radius 1 is 1.18 bits per heavy atom. The summed E-state index contributed by atoms with van der Waals surface area (Å²) < 4.78 is 5.41. The predicted octanol–water partition coefficient (Wildman–Crippen LogP) is 2.14. The fraction of sp³-hybridized carbons (Fsp3) is 0.941. The van der Waals surface area contributed by atoms with Gasteiger partial charge in [0.05, 0.1) is 0 Å². The molecule has 2 atom stereocenters. The van der Waals surface area contributed by atoms with Gasteiger partial charge in [-0.3, -0.25) is 9.69 Å². The molecular formula is C17H30N2O2S. The van der Waals surface area contributed by atoms with Gasteiger partial charge in [-0.25, -0.2) is 0 Å². The van der Waals surface area contributed by atoms with E-state index in [2.05, 4.69) is 28.9 Å². The van der Waals surface area contributed by atoms with Gasteiger partial charge in [-0.15, -0.1) is 0 Å². The van der Waals surface area contributed by atoms with Crippen molar-refractivity contribution < 1.29 is 9.53 Å². The first-order chi connectivity index (χ1) is 10.7. The average molecular weight is 327 g/mol. The number of hydrogen-bond donors (Lipinski definition) is 1. The van der Waals surface area contributed by atoms with Crippen LogP contribution in [0.25, 0.3) is 0 Å². The van der Waals surface area contributed by atoms with Crippen LogP contribution in [-0.4, -0.2) is 60.7 Å². The second kappa shape index (κ2) is 8.02. The molecule has 0 spiro atoms. The molecule has 1 amide bonds. The van der Waals surface area contributed by atoms with Crippen molar-refractivity contribution in [3.8, 4) is 0 Å². The third-order valence-corrected chi connectivity index (χ3v) is 6.81. The topological polar surface area (TPSA) is 41.6 Å². The number of thioether (sulfide) groups is 1. The smallest absolute Gasteiger partial charge is 0.223 e. The van der Waals surface area contributed by atoms with Crippen LogP contribution in [0.5, 0.6) is 0 Å². The summed E-state index contributed by atoms with van der Waals surface area (Å²) >= 11 is 2.08. The van der Waals surface area contributed by atoms with Crippen LogP contribution in [0, 0.1) is 11.8 Å². The second-order valence-corrected chi connectivity index (χ2v) is 8.22. The Morgan fingerprint density at radius 3 is 2.55 bits per heavy atom. The standard InChI is InChI=1S/C17H30N2O2S/c1-13(14-4-9-21-10-5-14)18-17(20)15-2-7-19(8-3-15)16-6-11-22-12-16/h13-16H,2-12H2,1H3,(H,18,20)/t13-,16-/m1/s1. The van der Waals surface area contributed by atoms with Crippen molar-refractivity contribution in [2.45, 2.75) is 51.1 Å². The minimum absolute atomic E-state index is 0.229. The number of amides is 1. The second-order valence-electron chi connectivity index (χ2n) is 7.07. The summed E-state index contributed by atoms with van der Waals surface area (Å²) in [6.45, 7) is 6.08. The van der Waals surface area contributed by atoms with Crippen LogP contribution in [0.1, 0.15) is 39.0 Å². The number of carbonyl (C=O) groups excluding carboxylic acids is 1.